The number of carbonyl (C=O) groups excluding carboxylic acids is 1. The fourth-order valence-electron chi connectivity index (χ4n) is 3.56. The van der Waals surface area contributed by atoms with Gasteiger partial charge in [0.25, 0.3) is 0 Å². The minimum atomic E-state index is -4.11. The third-order valence-electron chi connectivity index (χ3n) is 5.55. The Bertz CT molecular complexity index is 756. The number of rotatable bonds is 13. The van der Waals surface area contributed by atoms with Crippen LogP contribution in [0.2, 0.25) is 98.2 Å². The second kappa shape index (κ2) is 10.5. The van der Waals surface area contributed by atoms with E-state index in [1.165, 1.54) is 0 Å². The fourth-order valence-corrected chi connectivity index (χ4v) is 17.6. The Balaban J connectivity index is 6.85. The van der Waals surface area contributed by atoms with E-state index >= 15 is 0 Å². The van der Waals surface area contributed by atoms with Gasteiger partial charge in [-0.2, -0.15) is 0 Å². The Kier molecular flexibility index (Phi) is 10.7. The average molecular weight is 591 g/mol. The largest absolute Gasteiger partial charge is 0.455 e. The van der Waals surface area contributed by atoms with Crippen molar-refractivity contribution in [3.8, 4) is 0 Å². The van der Waals surface area contributed by atoms with E-state index in [1.807, 2.05) is 78.6 Å². The molecule has 0 aliphatic carbocycles. The van der Waals surface area contributed by atoms with Crippen LogP contribution in [0, 0.1) is 0 Å². The van der Waals surface area contributed by atoms with Crippen molar-refractivity contribution in [2.45, 2.75) is 114 Å². The number of aliphatic hydroxyl groups is 3. The predicted octanol–water partition coefficient (Wildman–Crippen LogP) is 4.84. The quantitative estimate of drug-likeness (QED) is 0.206. The number of hydrogen-bond donors (Lipinski definition) is 3. The molecule has 0 rings (SSSR count). The molecule has 0 spiro atoms. The second-order valence-electron chi connectivity index (χ2n) is 14.3. The van der Waals surface area contributed by atoms with E-state index in [1.54, 1.807) is 19.6 Å². The summed E-state index contributed by atoms with van der Waals surface area (Å²) in [5, 5.41) is 31.1. The number of ketones is 1. The summed E-state index contributed by atoms with van der Waals surface area (Å²) in [6, 6.07) is 0. The number of phosphoric acid groups is 1. The molecule has 1 unspecified atom stereocenters. The molecule has 8 nitrogen and oxygen atoms in total. The first kappa shape index (κ1) is 34.7. The van der Waals surface area contributed by atoms with E-state index in [0.717, 1.165) is 0 Å². The standard InChI is InChI=1S/C20H51O8PSi5/c1-30(2,3)18(22)17(21)20(24,32(7,8)9)19(23,31(4,5)6)16-26-29(25,27-33(10,11)12)28-34(13,14)15/h18,22-24H,16H2,1-15H3/t18?,19-,20-/m0/s1. The van der Waals surface area contributed by atoms with Crippen LogP contribution in [-0.2, 0) is 22.3 Å². The van der Waals surface area contributed by atoms with Crippen LogP contribution in [0.1, 0.15) is 0 Å². The third kappa shape index (κ3) is 8.38. The lowest BCUT2D eigenvalue weighted by atomic mass is 10.1. The summed E-state index contributed by atoms with van der Waals surface area (Å²) in [4.78, 5) is 13.8. The molecular weight excluding hydrogens is 540 g/mol. The molecule has 0 bridgehead atoms. The Morgan fingerprint density at radius 2 is 1.12 bits per heavy atom. The maximum absolute atomic E-state index is 13.8. The summed E-state index contributed by atoms with van der Waals surface area (Å²) in [5.41, 5.74) is -1.38. The molecule has 0 aliphatic rings. The van der Waals surface area contributed by atoms with Gasteiger partial charge in [0.05, 0.1) is 30.8 Å². The summed E-state index contributed by atoms with van der Waals surface area (Å²) in [5.74, 6) is -0.772. The molecule has 0 radical (unpaired) electrons. The van der Waals surface area contributed by atoms with Gasteiger partial charge in [-0.3, -0.25) is 9.32 Å². The third-order valence-corrected chi connectivity index (χ3v) is 20.1. The SMILES string of the molecule is C[Si](C)(C)OP(=O)(OC[C@@](O)([C@](O)(C(=O)C(O)[Si](C)(C)C)[Si](C)(C)C)[Si](C)(C)C)O[Si](C)(C)C. The normalized spacial score (nSPS) is 19.4. The molecule has 0 aromatic carbocycles. The van der Waals surface area contributed by atoms with Gasteiger partial charge in [0, 0.05) is 0 Å². The Labute approximate surface area is 212 Å². The van der Waals surface area contributed by atoms with Gasteiger partial charge in [0.1, 0.15) is 16.2 Å². The van der Waals surface area contributed by atoms with E-state index in [2.05, 4.69) is 0 Å². The van der Waals surface area contributed by atoms with Crippen molar-refractivity contribution in [3.63, 3.8) is 0 Å². The minimum Gasteiger partial charge on any atom is -0.389 e. The smallest absolute Gasteiger partial charge is 0.389 e. The van der Waals surface area contributed by atoms with E-state index in [4.69, 9.17) is 12.9 Å². The Morgan fingerprint density at radius 1 is 0.765 bits per heavy atom. The highest BCUT2D eigenvalue weighted by Gasteiger charge is 2.68. The molecule has 0 aromatic rings. The fraction of sp³-hybridized carbons (Fsp3) is 0.950. The van der Waals surface area contributed by atoms with Crippen LogP contribution in [0.15, 0.2) is 0 Å². The van der Waals surface area contributed by atoms with E-state index in [0.29, 0.717) is 0 Å². The minimum absolute atomic E-state index is 0.597. The topological polar surface area (TPSA) is 123 Å². The lowest BCUT2D eigenvalue weighted by molar-refractivity contribution is -0.153. The van der Waals surface area contributed by atoms with Crippen molar-refractivity contribution in [3.05, 3.63) is 0 Å². The van der Waals surface area contributed by atoms with Gasteiger partial charge in [0.2, 0.25) is 0 Å². The zero-order chi connectivity index (χ0) is 28.0. The summed E-state index contributed by atoms with van der Waals surface area (Å²) in [6.45, 7) is 26.8. The molecule has 0 saturated heterocycles. The van der Waals surface area contributed by atoms with Gasteiger partial charge < -0.3 is 23.7 Å². The molecule has 0 aromatic heterocycles. The molecule has 0 aliphatic heterocycles. The van der Waals surface area contributed by atoms with Gasteiger partial charge in [-0.05, 0) is 39.3 Å². The van der Waals surface area contributed by atoms with Crippen LogP contribution in [0.25, 0.3) is 0 Å². The molecule has 3 N–H and O–H groups in total. The monoisotopic (exact) mass is 590 g/mol. The van der Waals surface area contributed by atoms with Gasteiger partial charge in [-0.25, -0.2) is 4.57 Å². The summed E-state index contributed by atoms with van der Waals surface area (Å²) in [6.07, 6.45) is 0. The average Bonchev–Trinajstić information content (AvgIpc) is 2.51. The lowest BCUT2D eigenvalue weighted by Crippen LogP contribution is -2.82. The Hall–Kier alpha value is 0.744. The van der Waals surface area contributed by atoms with Crippen molar-refractivity contribution in [2.24, 2.45) is 0 Å². The van der Waals surface area contributed by atoms with Crippen molar-refractivity contribution in [1.29, 1.82) is 0 Å². The second-order valence-corrected chi connectivity index (χ2v) is 41.2. The molecule has 3 atom stereocenters. The van der Waals surface area contributed by atoms with Crippen molar-refractivity contribution in [2.75, 3.05) is 6.61 Å². The lowest BCUT2D eigenvalue weighted by Gasteiger charge is -2.55. The molecule has 204 valence electrons. The van der Waals surface area contributed by atoms with Crippen molar-refractivity contribution >= 4 is 54.5 Å². The highest BCUT2D eigenvalue weighted by atomic mass is 31.2. The van der Waals surface area contributed by atoms with E-state index < -0.39 is 77.2 Å². The first-order chi connectivity index (χ1) is 14.4. The zero-order valence-electron chi connectivity index (χ0n) is 24.1. The number of aliphatic hydroxyl groups excluding tert-OH is 1. The highest BCUT2D eigenvalue weighted by Crippen LogP contribution is 2.55. The van der Waals surface area contributed by atoms with Crippen LogP contribution in [-0.4, -0.2) is 84.7 Å². The molecule has 0 heterocycles. The number of Topliss-reactive ketones (excluding diaryl/α,β-unsaturated/α-hetero) is 1. The molecule has 0 saturated carbocycles. The van der Waals surface area contributed by atoms with Crippen molar-refractivity contribution in [1.82, 2.24) is 0 Å². The Morgan fingerprint density at radius 3 is 1.35 bits per heavy atom. The van der Waals surface area contributed by atoms with Gasteiger partial charge >= 0.3 is 7.82 Å². The van der Waals surface area contributed by atoms with Crippen LogP contribution in [0.5, 0.6) is 0 Å². The van der Waals surface area contributed by atoms with Gasteiger partial charge in [0.15, 0.2) is 22.4 Å². The van der Waals surface area contributed by atoms with Crippen molar-refractivity contribution < 1.29 is 37.6 Å². The summed E-state index contributed by atoms with van der Waals surface area (Å²) >= 11 is 0. The maximum Gasteiger partial charge on any atom is 0.455 e. The molecule has 0 amide bonds. The van der Waals surface area contributed by atoms with E-state index in [-0.39, 0.29) is 0 Å². The van der Waals surface area contributed by atoms with Crippen LogP contribution < -0.4 is 0 Å². The maximum atomic E-state index is 13.8. The molecule has 14 heteroatoms. The zero-order valence-corrected chi connectivity index (χ0v) is 30.0. The molecular formula is C20H51O8PSi5. The van der Waals surface area contributed by atoms with Crippen LogP contribution >= 0.6 is 7.82 Å². The van der Waals surface area contributed by atoms with Gasteiger partial charge in [-0.1, -0.05) is 58.9 Å². The first-order valence-electron chi connectivity index (χ1n) is 11.8. The van der Waals surface area contributed by atoms with Gasteiger partial charge in [-0.15, -0.1) is 0 Å². The summed E-state index contributed by atoms with van der Waals surface area (Å²) < 4.78 is 31.3. The first-order valence-corrected chi connectivity index (χ1v) is 30.6. The predicted molar refractivity (Wildman–Crippen MR) is 153 cm³/mol. The van der Waals surface area contributed by atoms with Crippen LogP contribution in [0.3, 0.4) is 0 Å². The van der Waals surface area contributed by atoms with E-state index in [9.17, 15) is 24.7 Å². The molecule has 0 fully saturated rings. The number of hydrogen-bond acceptors (Lipinski definition) is 8. The molecule has 34 heavy (non-hydrogen) atoms. The number of carbonyl (C=O) groups is 1. The summed E-state index contributed by atoms with van der Waals surface area (Å²) in [7, 11) is -17.1. The highest BCUT2D eigenvalue weighted by molar-refractivity contribution is 7.52. The van der Waals surface area contributed by atoms with Crippen LogP contribution in [0.4, 0.5) is 0 Å².